The van der Waals surface area contributed by atoms with Gasteiger partial charge in [-0.15, -0.1) is 0 Å². The molecule has 0 fully saturated rings. The van der Waals surface area contributed by atoms with Crippen molar-refractivity contribution in [1.82, 2.24) is 4.90 Å². The van der Waals surface area contributed by atoms with Crippen LogP contribution >= 0.6 is 0 Å². The summed E-state index contributed by atoms with van der Waals surface area (Å²) in [6.45, 7) is 10.1. The second-order valence-corrected chi connectivity index (χ2v) is 5.40. The van der Waals surface area contributed by atoms with Gasteiger partial charge in [-0.3, -0.25) is 4.79 Å². The van der Waals surface area contributed by atoms with E-state index in [0.29, 0.717) is 6.54 Å². The first-order chi connectivity index (χ1) is 10.1. The minimum atomic E-state index is 0.111. The summed E-state index contributed by atoms with van der Waals surface area (Å²) in [5, 5.41) is 3.20. The van der Waals surface area contributed by atoms with Crippen LogP contribution in [-0.4, -0.2) is 36.5 Å². The van der Waals surface area contributed by atoms with Gasteiger partial charge in [0.2, 0.25) is 5.91 Å². The monoisotopic (exact) mass is 292 g/mol. The maximum absolute atomic E-state index is 12.3. The summed E-state index contributed by atoms with van der Waals surface area (Å²) in [5.74, 6) is 0.927. The molecule has 1 rings (SSSR count). The fourth-order valence-corrected chi connectivity index (χ4v) is 2.15. The summed E-state index contributed by atoms with van der Waals surface area (Å²) in [5.41, 5.74) is 0.868. The molecule has 0 saturated heterocycles. The van der Waals surface area contributed by atoms with E-state index in [1.54, 1.807) is 0 Å². The Morgan fingerprint density at radius 2 is 1.81 bits per heavy atom. The predicted octanol–water partition coefficient (Wildman–Crippen LogP) is 3.53. The summed E-state index contributed by atoms with van der Waals surface area (Å²) in [6.07, 6.45) is 2.08. The number of carbonyl (C=O) groups is 1. The standard InChI is InChI=1S/C17H28N2O2/c1-5-11-19(12-6-2)17(20)13-18-15-9-7-8-10-16(15)21-14(3)4/h7-10,14,18H,5-6,11-13H2,1-4H3. The molecule has 0 saturated carbocycles. The van der Waals surface area contributed by atoms with Crippen LogP contribution in [0.5, 0.6) is 5.75 Å². The Morgan fingerprint density at radius 3 is 2.38 bits per heavy atom. The summed E-state index contributed by atoms with van der Waals surface area (Å²) in [6, 6.07) is 7.73. The second kappa shape index (κ2) is 9.27. The van der Waals surface area contributed by atoms with E-state index in [1.807, 2.05) is 43.0 Å². The van der Waals surface area contributed by atoms with E-state index < -0.39 is 0 Å². The van der Waals surface area contributed by atoms with Gasteiger partial charge in [-0.05, 0) is 38.8 Å². The molecule has 0 radical (unpaired) electrons. The molecule has 0 aliphatic carbocycles. The molecule has 118 valence electrons. The highest BCUT2D eigenvalue weighted by Crippen LogP contribution is 2.24. The number of amides is 1. The summed E-state index contributed by atoms with van der Waals surface area (Å²) in [4.78, 5) is 14.2. The molecular weight excluding hydrogens is 264 g/mol. The number of para-hydroxylation sites is 2. The highest BCUT2D eigenvalue weighted by atomic mass is 16.5. The lowest BCUT2D eigenvalue weighted by Gasteiger charge is -2.22. The van der Waals surface area contributed by atoms with Gasteiger partial charge in [0, 0.05) is 13.1 Å². The Kier molecular flexibility index (Phi) is 7.65. The van der Waals surface area contributed by atoms with Gasteiger partial charge in [0.25, 0.3) is 0 Å². The minimum Gasteiger partial charge on any atom is -0.489 e. The van der Waals surface area contributed by atoms with E-state index in [0.717, 1.165) is 37.4 Å². The second-order valence-electron chi connectivity index (χ2n) is 5.40. The lowest BCUT2D eigenvalue weighted by Crippen LogP contribution is -2.36. The fraction of sp³-hybridized carbons (Fsp3) is 0.588. The van der Waals surface area contributed by atoms with E-state index in [-0.39, 0.29) is 12.0 Å². The van der Waals surface area contributed by atoms with Gasteiger partial charge in [-0.25, -0.2) is 0 Å². The Hall–Kier alpha value is -1.71. The van der Waals surface area contributed by atoms with Crippen LogP contribution in [0.15, 0.2) is 24.3 Å². The van der Waals surface area contributed by atoms with Crippen LogP contribution in [-0.2, 0) is 4.79 Å². The van der Waals surface area contributed by atoms with E-state index >= 15 is 0 Å². The van der Waals surface area contributed by atoms with Gasteiger partial charge in [0.15, 0.2) is 0 Å². The smallest absolute Gasteiger partial charge is 0.241 e. The molecule has 0 aromatic heterocycles. The van der Waals surface area contributed by atoms with Gasteiger partial charge >= 0.3 is 0 Å². The molecule has 0 aliphatic rings. The fourth-order valence-electron chi connectivity index (χ4n) is 2.15. The van der Waals surface area contributed by atoms with Crippen molar-refractivity contribution in [3.63, 3.8) is 0 Å². The molecule has 21 heavy (non-hydrogen) atoms. The number of hydrogen-bond acceptors (Lipinski definition) is 3. The molecule has 1 amide bonds. The number of hydrogen-bond donors (Lipinski definition) is 1. The summed E-state index contributed by atoms with van der Waals surface area (Å²) >= 11 is 0. The molecule has 1 aromatic rings. The van der Waals surface area contributed by atoms with Crippen LogP contribution in [0.4, 0.5) is 5.69 Å². The first-order valence-electron chi connectivity index (χ1n) is 7.85. The Morgan fingerprint density at radius 1 is 1.19 bits per heavy atom. The van der Waals surface area contributed by atoms with Crippen molar-refractivity contribution < 1.29 is 9.53 Å². The largest absolute Gasteiger partial charge is 0.489 e. The SMILES string of the molecule is CCCN(CCC)C(=O)CNc1ccccc1OC(C)C. The van der Waals surface area contributed by atoms with Crippen molar-refractivity contribution in [1.29, 1.82) is 0 Å². The third kappa shape index (κ3) is 6.06. The van der Waals surface area contributed by atoms with Crippen molar-refractivity contribution in [3.8, 4) is 5.75 Å². The molecular formula is C17H28N2O2. The minimum absolute atomic E-state index is 0.111. The average molecular weight is 292 g/mol. The molecule has 4 heteroatoms. The molecule has 1 aromatic carbocycles. The molecule has 0 aliphatic heterocycles. The highest BCUT2D eigenvalue weighted by molar-refractivity contribution is 5.81. The molecule has 0 atom stereocenters. The Balaban J connectivity index is 2.63. The Bertz CT molecular complexity index is 427. The number of ether oxygens (including phenoxy) is 1. The van der Waals surface area contributed by atoms with Gasteiger partial charge in [0.1, 0.15) is 5.75 Å². The molecule has 0 unspecified atom stereocenters. The topological polar surface area (TPSA) is 41.6 Å². The number of rotatable bonds is 9. The van der Waals surface area contributed by atoms with E-state index in [2.05, 4.69) is 19.2 Å². The van der Waals surface area contributed by atoms with Crippen molar-refractivity contribution >= 4 is 11.6 Å². The summed E-state index contributed by atoms with van der Waals surface area (Å²) in [7, 11) is 0. The highest BCUT2D eigenvalue weighted by Gasteiger charge is 2.12. The van der Waals surface area contributed by atoms with Gasteiger partial charge in [0.05, 0.1) is 18.3 Å². The van der Waals surface area contributed by atoms with Crippen LogP contribution in [0.3, 0.4) is 0 Å². The van der Waals surface area contributed by atoms with Crippen molar-refractivity contribution in [2.45, 2.75) is 46.6 Å². The zero-order valence-corrected chi connectivity index (χ0v) is 13.7. The number of benzene rings is 1. The quantitative estimate of drug-likeness (QED) is 0.757. The molecule has 0 spiro atoms. The number of nitrogens with zero attached hydrogens (tertiary/aromatic N) is 1. The maximum atomic E-state index is 12.3. The molecule has 0 heterocycles. The van der Waals surface area contributed by atoms with Crippen LogP contribution in [0.1, 0.15) is 40.5 Å². The first-order valence-corrected chi connectivity index (χ1v) is 7.85. The molecule has 1 N–H and O–H groups in total. The molecule has 0 bridgehead atoms. The van der Waals surface area contributed by atoms with Gasteiger partial charge in [-0.1, -0.05) is 26.0 Å². The number of nitrogens with one attached hydrogen (secondary N) is 1. The van der Waals surface area contributed by atoms with Crippen molar-refractivity contribution in [2.75, 3.05) is 25.0 Å². The lowest BCUT2D eigenvalue weighted by atomic mass is 10.2. The predicted molar refractivity (Wildman–Crippen MR) is 87.9 cm³/mol. The van der Waals surface area contributed by atoms with Crippen LogP contribution in [0.25, 0.3) is 0 Å². The number of anilines is 1. The van der Waals surface area contributed by atoms with E-state index in [9.17, 15) is 4.79 Å². The Labute approximate surface area is 128 Å². The molecule has 4 nitrogen and oxygen atoms in total. The van der Waals surface area contributed by atoms with Gasteiger partial charge < -0.3 is 15.0 Å². The summed E-state index contributed by atoms with van der Waals surface area (Å²) < 4.78 is 5.75. The average Bonchev–Trinajstić information content (AvgIpc) is 2.45. The van der Waals surface area contributed by atoms with Crippen LogP contribution in [0.2, 0.25) is 0 Å². The van der Waals surface area contributed by atoms with Crippen LogP contribution in [0, 0.1) is 0 Å². The third-order valence-corrected chi connectivity index (χ3v) is 3.02. The lowest BCUT2D eigenvalue weighted by molar-refractivity contribution is -0.129. The zero-order chi connectivity index (χ0) is 15.7. The third-order valence-electron chi connectivity index (χ3n) is 3.02. The van der Waals surface area contributed by atoms with Crippen molar-refractivity contribution in [3.05, 3.63) is 24.3 Å². The van der Waals surface area contributed by atoms with E-state index in [4.69, 9.17) is 4.74 Å². The zero-order valence-electron chi connectivity index (χ0n) is 13.7. The van der Waals surface area contributed by atoms with E-state index in [1.165, 1.54) is 0 Å². The normalized spacial score (nSPS) is 10.5. The van der Waals surface area contributed by atoms with Gasteiger partial charge in [-0.2, -0.15) is 0 Å². The first kappa shape index (κ1) is 17.3. The maximum Gasteiger partial charge on any atom is 0.241 e. The van der Waals surface area contributed by atoms with Crippen LogP contribution < -0.4 is 10.1 Å². The van der Waals surface area contributed by atoms with Crippen molar-refractivity contribution in [2.24, 2.45) is 0 Å². The number of carbonyl (C=O) groups excluding carboxylic acids is 1.